The van der Waals surface area contributed by atoms with Crippen molar-refractivity contribution in [2.45, 2.75) is 6.54 Å². The summed E-state index contributed by atoms with van der Waals surface area (Å²) < 4.78 is 5.38. The molecule has 1 aromatic carbocycles. The zero-order valence-electron chi connectivity index (χ0n) is 12.2. The van der Waals surface area contributed by atoms with E-state index in [2.05, 4.69) is 16.0 Å². The van der Waals surface area contributed by atoms with Gasteiger partial charge < -0.3 is 9.84 Å². The van der Waals surface area contributed by atoms with Crippen LogP contribution in [0.5, 0.6) is 0 Å². The molecule has 22 heavy (non-hydrogen) atoms. The van der Waals surface area contributed by atoms with E-state index in [1.165, 1.54) is 11.8 Å². The standard InChI is InChI=1S/C17H18N2O3/c20-17(21)13-5-6-16(18-11-13)15-4-2-1-3-14(15)12-19-7-9-22-10-8-19/h1-6,11H,7-10,12H2,(H,20,21). The molecule has 1 saturated heterocycles. The predicted molar refractivity (Wildman–Crippen MR) is 82.7 cm³/mol. The van der Waals surface area contributed by atoms with Crippen LogP contribution >= 0.6 is 0 Å². The number of nitrogens with zero attached hydrogens (tertiary/aromatic N) is 2. The topological polar surface area (TPSA) is 62.7 Å². The number of aromatic nitrogens is 1. The normalized spacial score (nSPS) is 15.6. The highest BCUT2D eigenvalue weighted by Gasteiger charge is 2.14. The maximum Gasteiger partial charge on any atom is 0.337 e. The highest BCUT2D eigenvalue weighted by molar-refractivity contribution is 5.87. The molecule has 1 N–H and O–H groups in total. The summed E-state index contributed by atoms with van der Waals surface area (Å²) in [7, 11) is 0. The molecule has 1 aliphatic heterocycles. The van der Waals surface area contributed by atoms with Gasteiger partial charge in [-0.3, -0.25) is 9.88 Å². The lowest BCUT2D eigenvalue weighted by Crippen LogP contribution is -2.35. The van der Waals surface area contributed by atoms with Crippen LogP contribution in [0.2, 0.25) is 0 Å². The SMILES string of the molecule is O=C(O)c1ccc(-c2ccccc2CN2CCOCC2)nc1. The first-order valence-corrected chi connectivity index (χ1v) is 7.32. The molecule has 0 atom stereocenters. The molecule has 0 aliphatic carbocycles. The Kier molecular flexibility index (Phi) is 4.46. The molecule has 1 aliphatic rings. The van der Waals surface area contributed by atoms with Gasteiger partial charge in [0.1, 0.15) is 0 Å². The maximum absolute atomic E-state index is 10.9. The minimum absolute atomic E-state index is 0.203. The van der Waals surface area contributed by atoms with Crippen molar-refractivity contribution < 1.29 is 14.6 Å². The van der Waals surface area contributed by atoms with Crippen LogP contribution in [0.4, 0.5) is 0 Å². The largest absolute Gasteiger partial charge is 0.478 e. The van der Waals surface area contributed by atoms with Crippen LogP contribution in [0.25, 0.3) is 11.3 Å². The van der Waals surface area contributed by atoms with Gasteiger partial charge in [0, 0.05) is 31.4 Å². The van der Waals surface area contributed by atoms with E-state index in [0.29, 0.717) is 0 Å². The van der Waals surface area contributed by atoms with Crippen molar-refractivity contribution in [2.75, 3.05) is 26.3 Å². The summed E-state index contributed by atoms with van der Waals surface area (Å²) in [4.78, 5) is 17.6. The second kappa shape index (κ2) is 6.68. The minimum Gasteiger partial charge on any atom is -0.478 e. The summed E-state index contributed by atoms with van der Waals surface area (Å²) in [5.41, 5.74) is 3.24. The fraction of sp³-hybridized carbons (Fsp3) is 0.294. The molecule has 1 aromatic heterocycles. The first-order chi connectivity index (χ1) is 10.7. The Balaban J connectivity index is 1.85. The Morgan fingerprint density at radius 3 is 2.64 bits per heavy atom. The smallest absolute Gasteiger partial charge is 0.337 e. The van der Waals surface area contributed by atoms with Crippen LogP contribution in [-0.4, -0.2) is 47.3 Å². The van der Waals surface area contributed by atoms with E-state index >= 15 is 0 Å². The van der Waals surface area contributed by atoms with Gasteiger partial charge in [-0.15, -0.1) is 0 Å². The molecule has 0 bridgehead atoms. The molecule has 0 radical (unpaired) electrons. The third-order valence-electron chi connectivity index (χ3n) is 3.80. The van der Waals surface area contributed by atoms with E-state index in [1.807, 2.05) is 18.2 Å². The lowest BCUT2D eigenvalue weighted by atomic mass is 10.0. The molecule has 3 rings (SSSR count). The summed E-state index contributed by atoms with van der Waals surface area (Å²) in [5, 5.41) is 8.96. The van der Waals surface area contributed by atoms with Gasteiger partial charge >= 0.3 is 5.97 Å². The van der Waals surface area contributed by atoms with Gasteiger partial charge in [-0.2, -0.15) is 0 Å². The molecular formula is C17H18N2O3. The Morgan fingerprint density at radius 2 is 1.95 bits per heavy atom. The lowest BCUT2D eigenvalue weighted by Gasteiger charge is -2.27. The second-order valence-corrected chi connectivity index (χ2v) is 5.28. The Bertz CT molecular complexity index is 649. The Hall–Kier alpha value is -2.24. The van der Waals surface area contributed by atoms with E-state index in [1.54, 1.807) is 12.1 Å². The van der Waals surface area contributed by atoms with E-state index in [0.717, 1.165) is 44.1 Å². The number of morpholine rings is 1. The van der Waals surface area contributed by atoms with Crippen LogP contribution in [-0.2, 0) is 11.3 Å². The van der Waals surface area contributed by atoms with Gasteiger partial charge in [0.05, 0.1) is 24.5 Å². The quantitative estimate of drug-likeness (QED) is 0.938. The number of pyridine rings is 1. The Morgan fingerprint density at radius 1 is 1.18 bits per heavy atom. The van der Waals surface area contributed by atoms with Gasteiger partial charge in [0.25, 0.3) is 0 Å². The van der Waals surface area contributed by atoms with Gasteiger partial charge in [-0.25, -0.2) is 4.79 Å². The van der Waals surface area contributed by atoms with Crippen molar-refractivity contribution in [1.82, 2.24) is 9.88 Å². The molecule has 0 amide bonds. The molecule has 0 unspecified atom stereocenters. The summed E-state index contributed by atoms with van der Waals surface area (Å²) in [6.45, 7) is 4.25. The molecule has 0 saturated carbocycles. The van der Waals surface area contributed by atoms with Gasteiger partial charge in [-0.05, 0) is 17.7 Å². The number of rotatable bonds is 4. The van der Waals surface area contributed by atoms with E-state index in [4.69, 9.17) is 9.84 Å². The third-order valence-corrected chi connectivity index (χ3v) is 3.80. The van der Waals surface area contributed by atoms with Crippen molar-refractivity contribution in [3.63, 3.8) is 0 Å². The van der Waals surface area contributed by atoms with Crippen LogP contribution in [0, 0.1) is 0 Å². The molecule has 5 nitrogen and oxygen atoms in total. The highest BCUT2D eigenvalue weighted by Crippen LogP contribution is 2.23. The fourth-order valence-corrected chi connectivity index (χ4v) is 2.59. The fourth-order valence-electron chi connectivity index (χ4n) is 2.59. The van der Waals surface area contributed by atoms with E-state index in [9.17, 15) is 4.79 Å². The minimum atomic E-state index is -0.958. The van der Waals surface area contributed by atoms with Crippen molar-refractivity contribution >= 4 is 5.97 Å². The zero-order chi connectivity index (χ0) is 15.4. The molecule has 5 heteroatoms. The summed E-state index contributed by atoms with van der Waals surface area (Å²) >= 11 is 0. The van der Waals surface area contributed by atoms with Crippen LogP contribution in [0.15, 0.2) is 42.6 Å². The molecule has 2 heterocycles. The zero-order valence-corrected chi connectivity index (χ0v) is 12.2. The first kappa shape index (κ1) is 14.7. The number of hydrogen-bond acceptors (Lipinski definition) is 4. The summed E-state index contributed by atoms with van der Waals surface area (Å²) in [6.07, 6.45) is 1.41. The van der Waals surface area contributed by atoms with E-state index in [-0.39, 0.29) is 5.56 Å². The van der Waals surface area contributed by atoms with Gasteiger partial charge in [0.15, 0.2) is 0 Å². The van der Waals surface area contributed by atoms with Crippen molar-refractivity contribution in [3.05, 3.63) is 53.7 Å². The van der Waals surface area contributed by atoms with Crippen LogP contribution in [0.1, 0.15) is 15.9 Å². The lowest BCUT2D eigenvalue weighted by molar-refractivity contribution is 0.0342. The average molecular weight is 298 g/mol. The first-order valence-electron chi connectivity index (χ1n) is 7.32. The second-order valence-electron chi connectivity index (χ2n) is 5.28. The summed E-state index contributed by atoms with van der Waals surface area (Å²) in [6, 6.07) is 11.5. The average Bonchev–Trinajstić information content (AvgIpc) is 2.56. The number of ether oxygens (including phenoxy) is 1. The number of carboxylic acids is 1. The highest BCUT2D eigenvalue weighted by atomic mass is 16.5. The monoisotopic (exact) mass is 298 g/mol. The number of carbonyl (C=O) groups is 1. The van der Waals surface area contributed by atoms with Crippen molar-refractivity contribution in [2.24, 2.45) is 0 Å². The number of benzene rings is 1. The van der Waals surface area contributed by atoms with Crippen molar-refractivity contribution in [3.8, 4) is 11.3 Å². The third kappa shape index (κ3) is 3.32. The molecular weight excluding hydrogens is 280 g/mol. The van der Waals surface area contributed by atoms with Crippen LogP contribution < -0.4 is 0 Å². The van der Waals surface area contributed by atoms with E-state index < -0.39 is 5.97 Å². The molecule has 2 aromatic rings. The van der Waals surface area contributed by atoms with Crippen molar-refractivity contribution in [1.29, 1.82) is 0 Å². The number of carboxylic acid groups (broad SMARTS) is 1. The maximum atomic E-state index is 10.9. The number of hydrogen-bond donors (Lipinski definition) is 1. The predicted octanol–water partition coefficient (Wildman–Crippen LogP) is 2.28. The molecule has 114 valence electrons. The van der Waals surface area contributed by atoms with Crippen LogP contribution in [0.3, 0.4) is 0 Å². The number of aromatic carboxylic acids is 1. The van der Waals surface area contributed by atoms with Gasteiger partial charge in [-0.1, -0.05) is 24.3 Å². The molecule has 0 spiro atoms. The molecule has 1 fully saturated rings. The summed E-state index contributed by atoms with van der Waals surface area (Å²) in [5.74, 6) is -0.958. The van der Waals surface area contributed by atoms with Gasteiger partial charge in [0.2, 0.25) is 0 Å². The Labute approximate surface area is 129 Å².